The van der Waals surface area contributed by atoms with Gasteiger partial charge in [0.15, 0.2) is 0 Å². The molecule has 1 aromatic rings. The van der Waals surface area contributed by atoms with Gasteiger partial charge >= 0.3 is 0 Å². The maximum atomic E-state index is 10.00. The molecule has 2 rings (SSSR count). The van der Waals surface area contributed by atoms with Crippen LogP contribution in [0.25, 0.3) is 0 Å². The van der Waals surface area contributed by atoms with E-state index in [-0.39, 0.29) is 6.04 Å². The van der Waals surface area contributed by atoms with Crippen LogP contribution < -0.4 is 10.6 Å². The summed E-state index contributed by atoms with van der Waals surface area (Å²) in [4.78, 5) is 0. The number of phenolic OH excluding ortho intramolecular Hbond substituents is 1. The van der Waals surface area contributed by atoms with Crippen molar-refractivity contribution >= 4 is 45.2 Å². The Bertz CT molecular complexity index is 365. The zero-order valence-electron chi connectivity index (χ0n) is 8.06. The third-order valence-electron chi connectivity index (χ3n) is 2.47. The molecular formula is C10H12I2N2O. The summed E-state index contributed by atoms with van der Waals surface area (Å²) < 4.78 is 2.08. The summed E-state index contributed by atoms with van der Waals surface area (Å²) in [5, 5.41) is 16.7. The average molecular weight is 430 g/mol. The van der Waals surface area contributed by atoms with E-state index in [0.29, 0.717) is 5.75 Å². The molecule has 82 valence electrons. The van der Waals surface area contributed by atoms with Gasteiger partial charge in [0.25, 0.3) is 0 Å². The van der Waals surface area contributed by atoms with Crippen molar-refractivity contribution in [1.29, 1.82) is 0 Å². The van der Waals surface area contributed by atoms with Crippen molar-refractivity contribution in [2.75, 3.05) is 19.6 Å². The first-order valence-electron chi connectivity index (χ1n) is 4.80. The first-order valence-corrected chi connectivity index (χ1v) is 6.96. The van der Waals surface area contributed by atoms with E-state index in [1.807, 2.05) is 12.1 Å². The molecule has 5 heteroatoms. The van der Waals surface area contributed by atoms with Gasteiger partial charge in [0, 0.05) is 34.8 Å². The topological polar surface area (TPSA) is 44.3 Å². The molecule has 1 aliphatic heterocycles. The number of hydrogen-bond acceptors (Lipinski definition) is 3. The normalized spacial score (nSPS) is 21.6. The molecule has 1 heterocycles. The summed E-state index contributed by atoms with van der Waals surface area (Å²) in [6, 6.07) is 4.25. The van der Waals surface area contributed by atoms with E-state index < -0.39 is 0 Å². The van der Waals surface area contributed by atoms with Crippen molar-refractivity contribution in [3.63, 3.8) is 0 Å². The largest absolute Gasteiger partial charge is 0.506 e. The van der Waals surface area contributed by atoms with E-state index in [9.17, 15) is 5.11 Å². The number of aromatic hydroxyl groups is 1. The minimum Gasteiger partial charge on any atom is -0.506 e. The van der Waals surface area contributed by atoms with Gasteiger partial charge in [-0.1, -0.05) is 0 Å². The van der Waals surface area contributed by atoms with Gasteiger partial charge in [-0.2, -0.15) is 0 Å². The molecule has 0 amide bonds. The summed E-state index contributed by atoms with van der Waals surface area (Å²) >= 11 is 4.45. The van der Waals surface area contributed by atoms with Crippen LogP contribution in [0, 0.1) is 7.14 Å². The molecule has 3 N–H and O–H groups in total. The first-order chi connectivity index (χ1) is 7.18. The zero-order chi connectivity index (χ0) is 10.8. The monoisotopic (exact) mass is 430 g/mol. The third-order valence-corrected chi connectivity index (χ3v) is 3.92. The second-order valence-corrected chi connectivity index (χ2v) is 5.94. The van der Waals surface area contributed by atoms with Gasteiger partial charge in [-0.15, -0.1) is 0 Å². The van der Waals surface area contributed by atoms with E-state index in [2.05, 4.69) is 55.8 Å². The lowest BCUT2D eigenvalue weighted by Crippen LogP contribution is -2.42. The molecule has 0 saturated carbocycles. The highest BCUT2D eigenvalue weighted by molar-refractivity contribution is 14.1. The van der Waals surface area contributed by atoms with Gasteiger partial charge in [0.1, 0.15) is 5.75 Å². The van der Waals surface area contributed by atoms with E-state index in [1.165, 1.54) is 0 Å². The number of benzene rings is 1. The number of rotatable bonds is 1. The molecule has 0 bridgehead atoms. The van der Waals surface area contributed by atoms with Crippen molar-refractivity contribution in [3.05, 3.63) is 24.8 Å². The Labute approximate surface area is 116 Å². The van der Waals surface area contributed by atoms with Crippen LogP contribution in [0.15, 0.2) is 12.1 Å². The summed E-state index contributed by atoms with van der Waals surface area (Å²) in [5.41, 5.74) is 0.999. The fraction of sp³-hybridized carbons (Fsp3) is 0.400. The van der Waals surface area contributed by atoms with Crippen molar-refractivity contribution in [2.45, 2.75) is 6.04 Å². The molecule has 1 aromatic carbocycles. The van der Waals surface area contributed by atoms with Crippen molar-refractivity contribution < 1.29 is 5.11 Å². The Hall–Kier alpha value is 0.400. The Morgan fingerprint density at radius 1 is 1.27 bits per heavy atom. The Kier molecular flexibility index (Phi) is 4.08. The molecule has 0 radical (unpaired) electrons. The molecule has 3 nitrogen and oxygen atoms in total. The Morgan fingerprint density at radius 2 is 2.07 bits per heavy atom. The van der Waals surface area contributed by atoms with Gasteiger partial charge in [-0.3, -0.25) is 0 Å². The fourth-order valence-corrected chi connectivity index (χ4v) is 3.61. The maximum Gasteiger partial charge on any atom is 0.133 e. The number of phenols is 1. The van der Waals surface area contributed by atoms with Crippen LogP contribution in [0.1, 0.15) is 11.6 Å². The summed E-state index contributed by atoms with van der Waals surface area (Å²) in [6.07, 6.45) is 0. The third kappa shape index (κ3) is 2.75. The fourth-order valence-electron chi connectivity index (χ4n) is 1.72. The van der Waals surface area contributed by atoms with E-state index in [1.54, 1.807) is 0 Å². The van der Waals surface area contributed by atoms with Crippen molar-refractivity contribution in [2.24, 2.45) is 0 Å². The summed E-state index contributed by atoms with van der Waals surface area (Å²) in [6.45, 7) is 2.83. The van der Waals surface area contributed by atoms with Crippen LogP contribution in [-0.2, 0) is 0 Å². The summed E-state index contributed by atoms with van der Waals surface area (Å²) in [7, 11) is 0. The number of piperazine rings is 1. The standard InChI is InChI=1S/C10H12I2N2O/c11-6-3-7(10(15)8(12)4-6)9-5-13-1-2-14-9/h3-4,9,13-15H,1-2,5H2/t9-/m1/s1. The first kappa shape index (κ1) is 11.9. The van der Waals surface area contributed by atoms with Crippen LogP contribution >= 0.6 is 45.2 Å². The van der Waals surface area contributed by atoms with Gasteiger partial charge in [0.05, 0.1) is 3.57 Å². The molecule has 15 heavy (non-hydrogen) atoms. The highest BCUT2D eigenvalue weighted by Gasteiger charge is 2.19. The Morgan fingerprint density at radius 3 is 2.73 bits per heavy atom. The van der Waals surface area contributed by atoms with Gasteiger partial charge < -0.3 is 15.7 Å². The van der Waals surface area contributed by atoms with Gasteiger partial charge in [-0.25, -0.2) is 0 Å². The molecule has 1 fully saturated rings. The minimum absolute atomic E-state index is 0.224. The predicted octanol–water partition coefficient (Wildman–Crippen LogP) is 1.84. The highest BCUT2D eigenvalue weighted by atomic mass is 127. The molecule has 0 aromatic heterocycles. The lowest BCUT2D eigenvalue weighted by molar-refractivity contribution is 0.403. The lowest BCUT2D eigenvalue weighted by Gasteiger charge is -2.26. The predicted molar refractivity (Wildman–Crippen MR) is 77.2 cm³/mol. The molecule has 1 atom stereocenters. The summed E-state index contributed by atoms with van der Waals surface area (Å²) in [5.74, 6) is 0.414. The quantitative estimate of drug-likeness (QED) is 0.597. The second-order valence-electron chi connectivity index (χ2n) is 3.54. The van der Waals surface area contributed by atoms with E-state index in [0.717, 1.165) is 32.3 Å². The van der Waals surface area contributed by atoms with Crippen LogP contribution in [0.2, 0.25) is 0 Å². The number of halogens is 2. The smallest absolute Gasteiger partial charge is 0.133 e. The Balaban J connectivity index is 2.33. The van der Waals surface area contributed by atoms with Crippen LogP contribution in [0.3, 0.4) is 0 Å². The van der Waals surface area contributed by atoms with E-state index >= 15 is 0 Å². The molecule has 0 spiro atoms. The minimum atomic E-state index is 0.224. The SMILES string of the molecule is Oc1c(I)cc(I)cc1[C@H]1CNCCN1. The lowest BCUT2D eigenvalue weighted by atomic mass is 10.0. The number of nitrogens with one attached hydrogen (secondary N) is 2. The highest BCUT2D eigenvalue weighted by Crippen LogP contribution is 2.31. The average Bonchev–Trinajstić information content (AvgIpc) is 2.24. The molecular weight excluding hydrogens is 418 g/mol. The van der Waals surface area contributed by atoms with Crippen LogP contribution in [-0.4, -0.2) is 24.7 Å². The zero-order valence-corrected chi connectivity index (χ0v) is 12.4. The van der Waals surface area contributed by atoms with Gasteiger partial charge in [0.2, 0.25) is 0 Å². The van der Waals surface area contributed by atoms with E-state index in [4.69, 9.17) is 0 Å². The van der Waals surface area contributed by atoms with Crippen molar-refractivity contribution in [3.8, 4) is 5.75 Å². The molecule has 1 saturated heterocycles. The molecule has 0 unspecified atom stereocenters. The molecule has 0 aliphatic carbocycles. The molecule has 1 aliphatic rings. The van der Waals surface area contributed by atoms with Crippen molar-refractivity contribution in [1.82, 2.24) is 10.6 Å². The maximum absolute atomic E-state index is 10.00. The van der Waals surface area contributed by atoms with Crippen LogP contribution in [0.4, 0.5) is 0 Å². The second kappa shape index (κ2) is 5.15. The number of hydrogen-bond donors (Lipinski definition) is 3. The van der Waals surface area contributed by atoms with Crippen LogP contribution in [0.5, 0.6) is 5.75 Å². The van der Waals surface area contributed by atoms with Gasteiger partial charge in [-0.05, 0) is 57.3 Å².